The third kappa shape index (κ3) is 5.46. The largest absolute Gasteiger partial charge is 0.496 e. The second-order valence-electron chi connectivity index (χ2n) is 8.01. The van der Waals surface area contributed by atoms with E-state index < -0.39 is 10.0 Å². The van der Waals surface area contributed by atoms with E-state index in [2.05, 4.69) is 5.32 Å². The summed E-state index contributed by atoms with van der Waals surface area (Å²) < 4.78 is 33.1. The molecule has 1 aliphatic heterocycles. The number of carbonyl (C=O) groups excluding carboxylic acids is 1. The number of nitrogens with one attached hydrogen (secondary N) is 1. The SMILES string of the molecule is CCC(NC(=O)c1cccc(S(=O)(=O)N2CCCCCC2)c1)c1ccc(OC)c(C)c1. The van der Waals surface area contributed by atoms with Gasteiger partial charge < -0.3 is 10.1 Å². The van der Waals surface area contributed by atoms with Gasteiger partial charge in [0.2, 0.25) is 10.0 Å². The van der Waals surface area contributed by atoms with Crippen molar-refractivity contribution in [2.75, 3.05) is 20.2 Å². The molecule has 0 radical (unpaired) electrons. The lowest BCUT2D eigenvalue weighted by Gasteiger charge is -2.21. The van der Waals surface area contributed by atoms with E-state index in [4.69, 9.17) is 4.74 Å². The van der Waals surface area contributed by atoms with Gasteiger partial charge in [-0.15, -0.1) is 0 Å². The number of amides is 1. The molecule has 0 spiro atoms. The zero-order valence-corrected chi connectivity index (χ0v) is 19.4. The van der Waals surface area contributed by atoms with Crippen LogP contribution >= 0.6 is 0 Å². The quantitative estimate of drug-likeness (QED) is 0.685. The Morgan fingerprint density at radius 1 is 1.10 bits per heavy atom. The Balaban J connectivity index is 1.79. The van der Waals surface area contributed by atoms with Crippen molar-refractivity contribution in [1.82, 2.24) is 9.62 Å². The molecule has 2 aromatic carbocycles. The fraction of sp³-hybridized carbons (Fsp3) is 0.458. The van der Waals surface area contributed by atoms with Gasteiger partial charge in [-0.3, -0.25) is 4.79 Å². The number of benzene rings is 2. The number of ether oxygens (including phenoxy) is 1. The first-order valence-electron chi connectivity index (χ1n) is 10.9. The lowest BCUT2D eigenvalue weighted by Crippen LogP contribution is -2.32. The predicted octanol–water partition coefficient (Wildman–Crippen LogP) is 4.45. The van der Waals surface area contributed by atoms with Gasteiger partial charge in [0, 0.05) is 18.7 Å². The fourth-order valence-electron chi connectivity index (χ4n) is 4.01. The molecule has 0 aromatic heterocycles. The van der Waals surface area contributed by atoms with Crippen molar-refractivity contribution >= 4 is 15.9 Å². The Kier molecular flexibility index (Phi) is 7.73. The molecule has 3 rings (SSSR count). The Bertz CT molecular complexity index is 1010. The molecule has 1 heterocycles. The van der Waals surface area contributed by atoms with Gasteiger partial charge in [0.15, 0.2) is 0 Å². The third-order valence-corrected chi connectivity index (χ3v) is 7.73. The number of hydrogen-bond donors (Lipinski definition) is 1. The molecule has 31 heavy (non-hydrogen) atoms. The molecule has 7 heteroatoms. The standard InChI is InChI=1S/C24H32N2O4S/c1-4-22(19-12-13-23(30-3)18(2)16-19)25-24(27)20-10-9-11-21(17-20)31(28,29)26-14-7-5-6-8-15-26/h9-13,16-17,22H,4-8,14-15H2,1-3H3,(H,25,27). The van der Waals surface area contributed by atoms with Gasteiger partial charge in [-0.1, -0.05) is 38.0 Å². The minimum absolute atomic E-state index is 0.176. The Hall–Kier alpha value is -2.38. The summed E-state index contributed by atoms with van der Waals surface area (Å²) in [6.07, 6.45) is 4.57. The van der Waals surface area contributed by atoms with Crippen LogP contribution in [0, 0.1) is 6.92 Å². The number of nitrogens with zero attached hydrogens (tertiary/aromatic N) is 1. The van der Waals surface area contributed by atoms with E-state index in [1.807, 2.05) is 32.0 Å². The van der Waals surface area contributed by atoms with Crippen LogP contribution in [0.5, 0.6) is 5.75 Å². The third-order valence-electron chi connectivity index (χ3n) is 5.83. The van der Waals surface area contributed by atoms with Crippen LogP contribution in [0.15, 0.2) is 47.4 Å². The van der Waals surface area contributed by atoms with Crippen molar-refractivity contribution < 1.29 is 17.9 Å². The molecule has 2 aromatic rings. The van der Waals surface area contributed by atoms with Crippen molar-refractivity contribution in [3.63, 3.8) is 0 Å². The van der Waals surface area contributed by atoms with E-state index in [-0.39, 0.29) is 16.8 Å². The number of hydrogen-bond acceptors (Lipinski definition) is 4. The molecule has 1 amide bonds. The zero-order chi connectivity index (χ0) is 22.4. The summed E-state index contributed by atoms with van der Waals surface area (Å²) in [5.74, 6) is 0.518. The Morgan fingerprint density at radius 2 is 1.81 bits per heavy atom. The summed E-state index contributed by atoms with van der Waals surface area (Å²) in [6.45, 7) is 5.04. The van der Waals surface area contributed by atoms with Crippen molar-refractivity contribution in [1.29, 1.82) is 0 Å². The molecule has 1 fully saturated rings. The topological polar surface area (TPSA) is 75.7 Å². The van der Waals surface area contributed by atoms with Crippen molar-refractivity contribution in [2.45, 2.75) is 56.9 Å². The Labute approximate surface area is 185 Å². The van der Waals surface area contributed by atoms with Crippen molar-refractivity contribution in [3.05, 3.63) is 59.2 Å². The minimum atomic E-state index is -3.60. The fourth-order valence-corrected chi connectivity index (χ4v) is 5.57. The first kappa shape index (κ1) is 23.3. The summed E-state index contributed by atoms with van der Waals surface area (Å²) in [6, 6.07) is 12.0. The average molecular weight is 445 g/mol. The van der Waals surface area contributed by atoms with E-state index in [0.717, 1.165) is 42.6 Å². The highest BCUT2D eigenvalue weighted by atomic mass is 32.2. The van der Waals surface area contributed by atoms with Crippen LogP contribution in [0.25, 0.3) is 0 Å². The molecule has 6 nitrogen and oxygen atoms in total. The summed E-state index contributed by atoms with van der Waals surface area (Å²) in [5, 5.41) is 3.04. The van der Waals surface area contributed by atoms with Crippen molar-refractivity contribution in [2.24, 2.45) is 0 Å². The van der Waals surface area contributed by atoms with Crippen LogP contribution in [0.3, 0.4) is 0 Å². The molecule has 1 atom stereocenters. The number of sulfonamides is 1. The molecule has 1 saturated heterocycles. The molecule has 0 bridgehead atoms. The average Bonchev–Trinajstić information content (AvgIpc) is 3.07. The maximum atomic E-state index is 13.1. The molecule has 0 saturated carbocycles. The lowest BCUT2D eigenvalue weighted by molar-refractivity contribution is 0.0935. The first-order chi connectivity index (χ1) is 14.9. The van der Waals surface area contributed by atoms with Gasteiger partial charge in [0.05, 0.1) is 18.0 Å². The molecule has 0 aliphatic carbocycles. The van der Waals surface area contributed by atoms with Crippen LogP contribution in [0.1, 0.15) is 66.6 Å². The van der Waals surface area contributed by atoms with E-state index >= 15 is 0 Å². The smallest absolute Gasteiger partial charge is 0.251 e. The van der Waals surface area contributed by atoms with Crippen LogP contribution in [-0.2, 0) is 10.0 Å². The van der Waals surface area contributed by atoms with Gasteiger partial charge in [-0.25, -0.2) is 8.42 Å². The van der Waals surface area contributed by atoms with Crippen LogP contribution in [0.2, 0.25) is 0 Å². The second-order valence-corrected chi connectivity index (χ2v) is 9.95. The maximum absolute atomic E-state index is 13.1. The van der Waals surface area contributed by atoms with E-state index in [0.29, 0.717) is 25.1 Å². The maximum Gasteiger partial charge on any atom is 0.251 e. The van der Waals surface area contributed by atoms with Gasteiger partial charge in [0.25, 0.3) is 5.91 Å². The minimum Gasteiger partial charge on any atom is -0.496 e. The summed E-state index contributed by atoms with van der Waals surface area (Å²) in [5.41, 5.74) is 2.33. The normalized spacial score (nSPS) is 16.4. The Morgan fingerprint density at radius 3 is 2.42 bits per heavy atom. The number of rotatable bonds is 7. The number of carbonyl (C=O) groups is 1. The number of methoxy groups -OCH3 is 1. The molecular weight excluding hydrogens is 412 g/mol. The molecule has 1 unspecified atom stereocenters. The summed E-state index contributed by atoms with van der Waals surface area (Å²) in [7, 11) is -1.97. The van der Waals surface area contributed by atoms with Crippen LogP contribution < -0.4 is 10.1 Å². The van der Waals surface area contributed by atoms with E-state index in [1.54, 1.807) is 29.6 Å². The molecular formula is C24H32N2O4S. The number of aryl methyl sites for hydroxylation is 1. The molecule has 1 aliphatic rings. The van der Waals surface area contributed by atoms with Crippen LogP contribution in [0.4, 0.5) is 0 Å². The predicted molar refractivity (Wildman–Crippen MR) is 122 cm³/mol. The van der Waals surface area contributed by atoms with Gasteiger partial charge in [-0.2, -0.15) is 4.31 Å². The van der Waals surface area contributed by atoms with E-state index in [9.17, 15) is 13.2 Å². The highest BCUT2D eigenvalue weighted by molar-refractivity contribution is 7.89. The van der Waals surface area contributed by atoms with Gasteiger partial charge in [-0.05, 0) is 61.6 Å². The highest BCUT2D eigenvalue weighted by Gasteiger charge is 2.26. The van der Waals surface area contributed by atoms with Crippen molar-refractivity contribution in [3.8, 4) is 5.75 Å². The monoisotopic (exact) mass is 444 g/mol. The molecule has 168 valence electrons. The summed E-state index contributed by atoms with van der Waals surface area (Å²) in [4.78, 5) is 13.1. The summed E-state index contributed by atoms with van der Waals surface area (Å²) >= 11 is 0. The lowest BCUT2D eigenvalue weighted by atomic mass is 10.0. The molecule has 1 N–H and O–H groups in total. The van der Waals surface area contributed by atoms with Gasteiger partial charge in [0.1, 0.15) is 5.75 Å². The highest BCUT2D eigenvalue weighted by Crippen LogP contribution is 2.25. The first-order valence-corrected chi connectivity index (χ1v) is 12.4. The van der Waals surface area contributed by atoms with Gasteiger partial charge >= 0.3 is 0 Å². The zero-order valence-electron chi connectivity index (χ0n) is 18.6. The van der Waals surface area contributed by atoms with Crippen LogP contribution in [-0.4, -0.2) is 38.8 Å². The second kappa shape index (κ2) is 10.3. The van der Waals surface area contributed by atoms with E-state index in [1.165, 1.54) is 6.07 Å².